The summed E-state index contributed by atoms with van der Waals surface area (Å²) in [5.74, 6) is 0.775. The fourth-order valence-corrected chi connectivity index (χ4v) is 0.827. The quantitative estimate of drug-likeness (QED) is 0.634. The van der Waals surface area contributed by atoms with Gasteiger partial charge in [-0.15, -0.1) is 0 Å². The van der Waals surface area contributed by atoms with Gasteiger partial charge in [-0.1, -0.05) is 0 Å². The summed E-state index contributed by atoms with van der Waals surface area (Å²) in [6, 6.07) is 0. The number of aryl methyl sites for hydroxylation is 1. The lowest BCUT2D eigenvalue weighted by molar-refractivity contribution is 1.02. The predicted octanol–water partition coefficient (Wildman–Crippen LogP) is 0.433. The van der Waals surface area contributed by atoms with Gasteiger partial charge in [-0.05, 0) is 6.92 Å². The highest BCUT2D eigenvalue weighted by molar-refractivity contribution is 5.63. The highest BCUT2D eigenvalue weighted by Gasteiger charge is 2.04. The first-order valence-electron chi connectivity index (χ1n) is 3.37. The van der Waals surface area contributed by atoms with Gasteiger partial charge in [-0.2, -0.15) is 0 Å². The van der Waals surface area contributed by atoms with Crippen LogP contribution in [0.15, 0.2) is 6.33 Å². The number of hydrogen-bond acceptors (Lipinski definition) is 4. The Kier molecular flexibility index (Phi) is 1.94. The van der Waals surface area contributed by atoms with Crippen LogP contribution in [0, 0.1) is 6.92 Å². The van der Waals surface area contributed by atoms with Crippen LogP contribution in [0.5, 0.6) is 0 Å². The lowest BCUT2D eigenvalue weighted by atomic mass is 10.3. The minimum absolute atomic E-state index is 0.650. The van der Waals surface area contributed by atoms with Crippen LogP contribution in [0.4, 0.5) is 11.5 Å². The van der Waals surface area contributed by atoms with E-state index in [0.29, 0.717) is 5.69 Å². The second kappa shape index (κ2) is 2.74. The van der Waals surface area contributed by atoms with Crippen LogP contribution in [0.25, 0.3) is 0 Å². The molecular weight excluding hydrogens is 140 g/mol. The number of nitrogens with zero attached hydrogens (tertiary/aromatic N) is 3. The molecule has 0 radical (unpaired) electrons. The van der Waals surface area contributed by atoms with E-state index in [1.807, 2.05) is 25.9 Å². The minimum atomic E-state index is 0.650. The van der Waals surface area contributed by atoms with Crippen molar-refractivity contribution in [1.82, 2.24) is 9.97 Å². The molecule has 0 aliphatic carbocycles. The lowest BCUT2D eigenvalue weighted by Crippen LogP contribution is -2.14. The average Bonchev–Trinajstić information content (AvgIpc) is 1.94. The van der Waals surface area contributed by atoms with E-state index in [1.165, 1.54) is 6.33 Å². The molecule has 0 unspecified atom stereocenters. The molecule has 11 heavy (non-hydrogen) atoms. The van der Waals surface area contributed by atoms with Gasteiger partial charge in [0, 0.05) is 14.1 Å². The Balaban J connectivity index is 3.17. The Morgan fingerprint density at radius 2 is 2.00 bits per heavy atom. The molecule has 2 N–H and O–H groups in total. The number of anilines is 2. The molecule has 0 atom stereocenters. The number of rotatable bonds is 1. The highest BCUT2D eigenvalue weighted by atomic mass is 15.2. The van der Waals surface area contributed by atoms with Crippen molar-refractivity contribution in [1.29, 1.82) is 0 Å². The van der Waals surface area contributed by atoms with Gasteiger partial charge in [-0.25, -0.2) is 9.97 Å². The topological polar surface area (TPSA) is 55.0 Å². The summed E-state index contributed by atoms with van der Waals surface area (Å²) in [6.07, 6.45) is 1.51. The predicted molar refractivity (Wildman–Crippen MR) is 45.5 cm³/mol. The number of nitrogens with two attached hydrogens (primary N) is 1. The third-order valence-corrected chi connectivity index (χ3v) is 1.49. The second-order valence-corrected chi connectivity index (χ2v) is 2.59. The molecule has 60 valence electrons. The Bertz CT molecular complexity index is 257. The summed E-state index contributed by atoms with van der Waals surface area (Å²) in [5, 5.41) is 0. The zero-order chi connectivity index (χ0) is 8.43. The van der Waals surface area contributed by atoms with Crippen LogP contribution in [0.2, 0.25) is 0 Å². The molecule has 0 fully saturated rings. The van der Waals surface area contributed by atoms with E-state index in [2.05, 4.69) is 9.97 Å². The average molecular weight is 152 g/mol. The van der Waals surface area contributed by atoms with E-state index < -0.39 is 0 Å². The van der Waals surface area contributed by atoms with Crippen molar-refractivity contribution < 1.29 is 0 Å². The molecule has 1 aromatic rings. The molecule has 0 aromatic carbocycles. The zero-order valence-electron chi connectivity index (χ0n) is 7.00. The summed E-state index contributed by atoms with van der Waals surface area (Å²) < 4.78 is 0. The minimum Gasteiger partial charge on any atom is -0.394 e. The van der Waals surface area contributed by atoms with Crippen LogP contribution >= 0.6 is 0 Å². The third-order valence-electron chi connectivity index (χ3n) is 1.49. The molecule has 1 heterocycles. The summed E-state index contributed by atoms with van der Waals surface area (Å²) in [7, 11) is 3.80. The molecule has 0 bridgehead atoms. The molecular formula is C7H12N4. The van der Waals surface area contributed by atoms with Gasteiger partial charge in [0.05, 0.1) is 11.4 Å². The Labute approximate surface area is 66.1 Å². The van der Waals surface area contributed by atoms with Gasteiger partial charge in [0.1, 0.15) is 6.33 Å². The number of aromatic nitrogens is 2. The maximum absolute atomic E-state index is 5.72. The van der Waals surface area contributed by atoms with Crippen LogP contribution in [0.1, 0.15) is 5.69 Å². The molecule has 0 spiro atoms. The Morgan fingerprint density at radius 1 is 1.36 bits per heavy atom. The first-order valence-corrected chi connectivity index (χ1v) is 3.37. The van der Waals surface area contributed by atoms with Gasteiger partial charge in [-0.3, -0.25) is 0 Å². The van der Waals surface area contributed by atoms with Crippen molar-refractivity contribution >= 4 is 11.5 Å². The van der Waals surface area contributed by atoms with Crippen LogP contribution in [-0.2, 0) is 0 Å². The number of nitrogen functional groups attached to an aromatic ring is 1. The van der Waals surface area contributed by atoms with Crippen molar-refractivity contribution in [2.45, 2.75) is 6.92 Å². The van der Waals surface area contributed by atoms with E-state index in [-0.39, 0.29) is 0 Å². The maximum Gasteiger partial charge on any atom is 0.154 e. The number of hydrogen-bond donors (Lipinski definition) is 1. The van der Waals surface area contributed by atoms with Crippen molar-refractivity contribution in [2.75, 3.05) is 24.7 Å². The lowest BCUT2D eigenvalue weighted by Gasteiger charge is -2.13. The van der Waals surface area contributed by atoms with Crippen molar-refractivity contribution in [3.8, 4) is 0 Å². The molecule has 1 aromatic heterocycles. The molecule has 0 aliphatic rings. The van der Waals surface area contributed by atoms with Gasteiger partial charge in [0.2, 0.25) is 0 Å². The molecule has 1 rings (SSSR count). The standard InChI is InChI=1S/C7H12N4/c1-5-6(8)7(11(2)3)10-4-9-5/h4H,8H2,1-3H3. The summed E-state index contributed by atoms with van der Waals surface area (Å²) in [5.41, 5.74) is 7.19. The molecule has 0 saturated heterocycles. The van der Waals surface area contributed by atoms with Gasteiger partial charge in [0.25, 0.3) is 0 Å². The van der Waals surface area contributed by atoms with Crippen molar-refractivity contribution in [3.63, 3.8) is 0 Å². The van der Waals surface area contributed by atoms with Crippen LogP contribution in [-0.4, -0.2) is 24.1 Å². The van der Waals surface area contributed by atoms with Crippen molar-refractivity contribution in [2.24, 2.45) is 0 Å². The van der Waals surface area contributed by atoms with E-state index in [1.54, 1.807) is 0 Å². The van der Waals surface area contributed by atoms with Gasteiger partial charge in [0.15, 0.2) is 5.82 Å². The smallest absolute Gasteiger partial charge is 0.154 e. The highest BCUT2D eigenvalue weighted by Crippen LogP contribution is 2.18. The molecule has 4 heteroatoms. The first-order chi connectivity index (χ1) is 5.13. The Morgan fingerprint density at radius 3 is 2.45 bits per heavy atom. The second-order valence-electron chi connectivity index (χ2n) is 2.59. The molecule has 0 saturated carbocycles. The zero-order valence-corrected chi connectivity index (χ0v) is 7.00. The van der Waals surface area contributed by atoms with E-state index >= 15 is 0 Å². The fourth-order valence-electron chi connectivity index (χ4n) is 0.827. The van der Waals surface area contributed by atoms with Crippen molar-refractivity contribution in [3.05, 3.63) is 12.0 Å². The molecule has 0 amide bonds. The first kappa shape index (κ1) is 7.78. The summed E-state index contributed by atoms with van der Waals surface area (Å²) >= 11 is 0. The third kappa shape index (κ3) is 1.39. The largest absolute Gasteiger partial charge is 0.394 e. The van der Waals surface area contributed by atoms with E-state index in [4.69, 9.17) is 5.73 Å². The van der Waals surface area contributed by atoms with Gasteiger partial charge < -0.3 is 10.6 Å². The summed E-state index contributed by atoms with van der Waals surface area (Å²) in [4.78, 5) is 9.85. The SMILES string of the molecule is Cc1ncnc(N(C)C)c1N. The van der Waals surface area contributed by atoms with E-state index in [9.17, 15) is 0 Å². The van der Waals surface area contributed by atoms with Gasteiger partial charge >= 0.3 is 0 Å². The molecule has 0 aliphatic heterocycles. The normalized spacial score (nSPS) is 9.73. The summed E-state index contributed by atoms with van der Waals surface area (Å²) in [6.45, 7) is 1.87. The van der Waals surface area contributed by atoms with Crippen LogP contribution < -0.4 is 10.6 Å². The Hall–Kier alpha value is -1.32. The van der Waals surface area contributed by atoms with Crippen LogP contribution in [0.3, 0.4) is 0 Å². The maximum atomic E-state index is 5.72. The van der Waals surface area contributed by atoms with E-state index in [0.717, 1.165) is 11.5 Å². The monoisotopic (exact) mass is 152 g/mol. The fraction of sp³-hybridized carbons (Fsp3) is 0.429. The molecule has 4 nitrogen and oxygen atoms in total.